The van der Waals surface area contributed by atoms with E-state index in [0.717, 1.165) is 0 Å². The Morgan fingerprint density at radius 3 is 0.909 bits per heavy atom. The molecule has 0 aromatic rings. The van der Waals surface area contributed by atoms with Gasteiger partial charge in [-0.15, -0.1) is 0 Å². The molecule has 0 N–H and O–H groups in total. The second kappa shape index (κ2) is 13.3. The van der Waals surface area contributed by atoms with Crippen molar-refractivity contribution < 1.29 is 16.8 Å². The van der Waals surface area contributed by atoms with Crippen LogP contribution in [-0.2, 0) is 38.2 Å². The van der Waals surface area contributed by atoms with E-state index in [1.165, 1.54) is 0 Å². The van der Waals surface area contributed by atoms with Gasteiger partial charge in [-0.2, -0.15) is 0 Å². The van der Waals surface area contributed by atoms with Crippen LogP contribution in [0.4, 0.5) is 0 Å². The predicted octanol–water partition coefficient (Wildman–Crippen LogP) is -0.285. The van der Waals surface area contributed by atoms with Gasteiger partial charge in [0.2, 0.25) is 0 Å². The molecule has 0 aliphatic heterocycles. The normalized spacial score (nSPS) is 8.36. The first kappa shape index (κ1) is 17.7. The van der Waals surface area contributed by atoms with E-state index in [1.54, 1.807) is 13.8 Å². The minimum atomic E-state index is -1.82. The molecule has 0 rings (SSSR count). The fraction of sp³-hybridized carbons (Fsp3) is 1.00. The van der Waals surface area contributed by atoms with E-state index in [2.05, 4.69) is 0 Å². The molecule has 0 bridgehead atoms. The second-order valence-electron chi connectivity index (χ2n) is 1.18. The van der Waals surface area contributed by atoms with Gasteiger partial charge in [-0.1, -0.05) is 46.8 Å². The molecule has 0 amide bonds. The van der Waals surface area contributed by atoms with Crippen LogP contribution in [0.5, 0.6) is 0 Å². The first-order valence-corrected chi connectivity index (χ1v) is 5.15. The summed E-state index contributed by atoms with van der Waals surface area (Å²) in [4.78, 5) is 0. The van der Waals surface area contributed by atoms with Crippen LogP contribution in [0.15, 0.2) is 0 Å². The van der Waals surface area contributed by atoms with E-state index in [9.17, 15) is 16.8 Å². The van der Waals surface area contributed by atoms with Crippen LogP contribution >= 0.6 is 0 Å². The fourth-order valence-electron chi connectivity index (χ4n) is 0. The Hall–Kier alpha value is 0.699. The Kier molecular flexibility index (Phi) is 21.4. The number of hydrogen-bond acceptors (Lipinski definition) is 6. The molecule has 68 valence electrons. The first-order chi connectivity index (χ1) is 4.54. The van der Waals surface area contributed by atoms with Crippen LogP contribution in [0.1, 0.15) is 13.8 Å². The maximum atomic E-state index is 9.37. The van der Waals surface area contributed by atoms with Crippen molar-refractivity contribution in [1.29, 1.82) is 0 Å². The third-order valence-electron chi connectivity index (χ3n) is 0.471. The molecule has 11 heavy (non-hydrogen) atoms. The number of rotatable bonds is 2. The zero-order valence-corrected chi connectivity index (χ0v) is 12.2. The van der Waals surface area contributed by atoms with Gasteiger partial charge in [-0.05, 0) is 0 Å². The molecule has 0 unspecified atom stereocenters. The summed E-state index contributed by atoms with van der Waals surface area (Å²) < 4.78 is 37.5. The second-order valence-corrected chi connectivity index (χ2v) is 3.55. The standard InChI is InChI=1S/2C2H5O2S.Sn.2H/c2*1-2-5(3)4;;;/h2*2H2,1H3;;;/q2*-1;+2;;. The molecular formula is C4H12O4S2Sn. The number of hydrogen-bond donors (Lipinski definition) is 0. The summed E-state index contributed by atoms with van der Waals surface area (Å²) in [6.07, 6.45) is 0. The molecule has 0 atom stereocenters. The zero-order chi connectivity index (χ0) is 8.57. The van der Waals surface area contributed by atoms with Gasteiger partial charge in [0.15, 0.2) is 0 Å². The van der Waals surface area contributed by atoms with Crippen LogP contribution < -0.4 is 0 Å². The summed E-state index contributed by atoms with van der Waals surface area (Å²) in [5, 5.41) is 0. The molecule has 0 aromatic heterocycles. The van der Waals surface area contributed by atoms with Gasteiger partial charge in [0.25, 0.3) is 0 Å². The molecule has 0 fully saturated rings. The molecule has 0 heterocycles. The molecule has 0 saturated carbocycles. The summed E-state index contributed by atoms with van der Waals surface area (Å²) in [7, 11) is -3.65. The Labute approximate surface area is 87.2 Å². The van der Waals surface area contributed by atoms with Crippen molar-refractivity contribution in [3.8, 4) is 0 Å². The van der Waals surface area contributed by atoms with Crippen LogP contribution in [-0.4, -0.2) is 35.4 Å². The first-order valence-electron chi connectivity index (χ1n) is 2.66. The Balaban J connectivity index is -0.000000107. The van der Waals surface area contributed by atoms with Gasteiger partial charge in [-0.25, -0.2) is 0 Å². The molecule has 0 radical (unpaired) electrons. The van der Waals surface area contributed by atoms with E-state index in [0.29, 0.717) is 0 Å². The van der Waals surface area contributed by atoms with Crippen LogP contribution in [0.2, 0.25) is 0 Å². The zero-order valence-electron chi connectivity index (χ0n) is 6.57. The molecule has 0 aliphatic rings. The van der Waals surface area contributed by atoms with E-state index in [-0.39, 0.29) is 35.4 Å². The molecular weight excluding hydrogens is 295 g/mol. The van der Waals surface area contributed by atoms with Gasteiger partial charge < -0.3 is 16.8 Å². The van der Waals surface area contributed by atoms with E-state index >= 15 is 0 Å². The average Bonchev–Trinajstić information content (AvgIpc) is 1.89. The average molecular weight is 307 g/mol. The summed E-state index contributed by atoms with van der Waals surface area (Å²) in [5.41, 5.74) is 0. The fourth-order valence-corrected chi connectivity index (χ4v) is 0. The predicted molar refractivity (Wildman–Crippen MR) is 47.1 cm³/mol. The van der Waals surface area contributed by atoms with Crippen molar-refractivity contribution in [2.45, 2.75) is 13.8 Å². The third kappa shape index (κ3) is 36.7. The SMILES string of the molecule is CC[S-](=O)=O.CC[S-](=O)=O.[SnH2+2]. The van der Waals surface area contributed by atoms with Gasteiger partial charge in [0.05, 0.1) is 0 Å². The van der Waals surface area contributed by atoms with Crippen LogP contribution in [0, 0.1) is 0 Å². The van der Waals surface area contributed by atoms with Gasteiger partial charge >= 0.3 is 23.9 Å². The van der Waals surface area contributed by atoms with Crippen molar-refractivity contribution in [2.24, 2.45) is 0 Å². The van der Waals surface area contributed by atoms with Crippen LogP contribution in [0.3, 0.4) is 0 Å². The topological polar surface area (TPSA) is 68.3 Å². The van der Waals surface area contributed by atoms with Crippen LogP contribution in [0.25, 0.3) is 0 Å². The quantitative estimate of drug-likeness (QED) is 0.519. The Bertz CT molecular complexity index is 158. The summed E-state index contributed by atoms with van der Waals surface area (Å²) in [5.74, 6) is 0.444. The van der Waals surface area contributed by atoms with Crippen molar-refractivity contribution in [2.75, 3.05) is 11.5 Å². The molecule has 7 heteroatoms. The molecule has 0 spiro atoms. The van der Waals surface area contributed by atoms with Crippen molar-refractivity contribution in [3.63, 3.8) is 0 Å². The molecule has 0 saturated heterocycles. The Morgan fingerprint density at radius 1 is 0.818 bits per heavy atom. The minimum absolute atomic E-state index is 0. The summed E-state index contributed by atoms with van der Waals surface area (Å²) >= 11 is 0. The summed E-state index contributed by atoms with van der Waals surface area (Å²) in [6, 6.07) is 0. The van der Waals surface area contributed by atoms with Gasteiger partial charge in [0, 0.05) is 0 Å². The summed E-state index contributed by atoms with van der Waals surface area (Å²) in [6.45, 7) is 3.17. The maximum absolute atomic E-state index is 9.37. The van der Waals surface area contributed by atoms with Gasteiger partial charge in [-0.3, -0.25) is 0 Å². The van der Waals surface area contributed by atoms with Crippen molar-refractivity contribution in [1.82, 2.24) is 0 Å². The molecule has 0 aromatic carbocycles. The van der Waals surface area contributed by atoms with Gasteiger partial charge in [0.1, 0.15) is 0 Å². The van der Waals surface area contributed by atoms with Crippen molar-refractivity contribution >= 4 is 45.3 Å². The van der Waals surface area contributed by atoms with E-state index in [4.69, 9.17) is 0 Å². The third-order valence-corrected chi connectivity index (χ3v) is 1.41. The molecule has 4 nitrogen and oxygen atoms in total. The van der Waals surface area contributed by atoms with E-state index < -0.39 is 21.4 Å². The Morgan fingerprint density at radius 2 is 0.909 bits per heavy atom. The van der Waals surface area contributed by atoms with Crippen molar-refractivity contribution in [3.05, 3.63) is 0 Å². The monoisotopic (exact) mass is 308 g/mol. The van der Waals surface area contributed by atoms with E-state index in [1.807, 2.05) is 0 Å². The molecule has 0 aliphatic carbocycles.